The number of benzene rings is 1. The number of aryl methyl sites for hydroxylation is 2. The first-order valence-electron chi connectivity index (χ1n) is 7.32. The second-order valence-electron chi connectivity index (χ2n) is 5.16. The van der Waals surface area contributed by atoms with Crippen molar-refractivity contribution in [3.05, 3.63) is 40.5 Å². The molecule has 0 unspecified atom stereocenters. The zero-order valence-corrected chi connectivity index (χ0v) is 13.6. The Bertz CT molecular complexity index is 645. The fourth-order valence-corrected chi connectivity index (χ4v) is 3.52. The van der Waals surface area contributed by atoms with Gasteiger partial charge >= 0.3 is 0 Å². The maximum atomic E-state index is 6.22. The SMILES string of the molecule is CCCNc1ncc(Cl)c(Sc2ccc3c(c2)CCC3)n1. The van der Waals surface area contributed by atoms with Crippen LogP contribution in [0.25, 0.3) is 0 Å². The lowest BCUT2D eigenvalue weighted by molar-refractivity contribution is 0.911. The molecule has 0 aliphatic heterocycles. The second-order valence-corrected chi connectivity index (χ2v) is 6.63. The Kier molecular flexibility index (Phi) is 4.66. The van der Waals surface area contributed by atoms with Gasteiger partial charge in [-0.1, -0.05) is 36.4 Å². The molecule has 0 radical (unpaired) electrons. The minimum atomic E-state index is 0.600. The van der Waals surface area contributed by atoms with Crippen LogP contribution in [0.5, 0.6) is 0 Å². The highest BCUT2D eigenvalue weighted by Crippen LogP contribution is 2.34. The molecule has 1 aliphatic rings. The van der Waals surface area contributed by atoms with E-state index in [9.17, 15) is 0 Å². The van der Waals surface area contributed by atoms with Crippen LogP contribution >= 0.6 is 23.4 Å². The van der Waals surface area contributed by atoms with E-state index in [0.29, 0.717) is 11.0 Å². The third kappa shape index (κ3) is 3.50. The van der Waals surface area contributed by atoms with Crippen LogP contribution in [0.1, 0.15) is 30.9 Å². The number of anilines is 1. The highest BCUT2D eigenvalue weighted by atomic mass is 35.5. The molecule has 0 spiro atoms. The second kappa shape index (κ2) is 6.67. The number of rotatable bonds is 5. The van der Waals surface area contributed by atoms with Crippen molar-refractivity contribution in [2.45, 2.75) is 42.5 Å². The van der Waals surface area contributed by atoms with E-state index in [1.54, 1.807) is 18.0 Å². The number of nitrogens with zero attached hydrogens (tertiary/aromatic N) is 2. The molecule has 0 fully saturated rings. The minimum absolute atomic E-state index is 0.600. The summed E-state index contributed by atoms with van der Waals surface area (Å²) in [5.74, 6) is 0.643. The van der Waals surface area contributed by atoms with Crippen LogP contribution in [0.2, 0.25) is 5.02 Å². The molecule has 0 atom stereocenters. The van der Waals surface area contributed by atoms with Gasteiger partial charge in [0, 0.05) is 11.4 Å². The largest absolute Gasteiger partial charge is 0.354 e. The van der Waals surface area contributed by atoms with Crippen molar-refractivity contribution in [3.8, 4) is 0 Å². The fraction of sp³-hybridized carbons (Fsp3) is 0.375. The van der Waals surface area contributed by atoms with Crippen molar-refractivity contribution >= 4 is 29.3 Å². The van der Waals surface area contributed by atoms with Gasteiger partial charge in [0.25, 0.3) is 0 Å². The molecule has 21 heavy (non-hydrogen) atoms. The van der Waals surface area contributed by atoms with E-state index in [-0.39, 0.29) is 0 Å². The molecule has 0 bridgehead atoms. The molecule has 1 aromatic heterocycles. The molecule has 1 aromatic carbocycles. The molecule has 110 valence electrons. The van der Waals surface area contributed by atoms with Gasteiger partial charge in [0.1, 0.15) is 5.03 Å². The summed E-state index contributed by atoms with van der Waals surface area (Å²) in [6.07, 6.45) is 6.37. The van der Waals surface area contributed by atoms with Gasteiger partial charge in [0.15, 0.2) is 0 Å². The predicted octanol–water partition coefficient (Wildman–Crippen LogP) is 4.59. The van der Waals surface area contributed by atoms with Crippen LogP contribution in [-0.2, 0) is 12.8 Å². The van der Waals surface area contributed by atoms with Crippen LogP contribution in [0, 0.1) is 0 Å². The molecule has 1 N–H and O–H groups in total. The third-order valence-electron chi connectivity index (χ3n) is 3.53. The van der Waals surface area contributed by atoms with Crippen LogP contribution in [0.15, 0.2) is 34.3 Å². The van der Waals surface area contributed by atoms with Crippen LogP contribution in [0.3, 0.4) is 0 Å². The zero-order chi connectivity index (χ0) is 14.7. The van der Waals surface area contributed by atoms with Crippen molar-refractivity contribution in [2.24, 2.45) is 0 Å². The fourth-order valence-electron chi connectivity index (χ4n) is 2.47. The average molecular weight is 320 g/mol. The van der Waals surface area contributed by atoms with E-state index in [1.165, 1.54) is 35.3 Å². The number of hydrogen-bond acceptors (Lipinski definition) is 4. The zero-order valence-electron chi connectivity index (χ0n) is 12.0. The van der Waals surface area contributed by atoms with Crippen molar-refractivity contribution in [1.29, 1.82) is 0 Å². The minimum Gasteiger partial charge on any atom is -0.354 e. The average Bonchev–Trinajstić information content (AvgIpc) is 2.95. The van der Waals surface area contributed by atoms with E-state index in [4.69, 9.17) is 11.6 Å². The predicted molar refractivity (Wildman–Crippen MR) is 88.4 cm³/mol. The Morgan fingerprint density at radius 3 is 3.00 bits per heavy atom. The highest BCUT2D eigenvalue weighted by Gasteiger charge is 2.13. The number of fused-ring (bicyclic) bond motifs is 1. The molecule has 1 heterocycles. The van der Waals surface area contributed by atoms with E-state index >= 15 is 0 Å². The first kappa shape index (κ1) is 14.7. The topological polar surface area (TPSA) is 37.8 Å². The summed E-state index contributed by atoms with van der Waals surface area (Å²) >= 11 is 7.83. The molecule has 5 heteroatoms. The van der Waals surface area contributed by atoms with Gasteiger partial charge in [0.2, 0.25) is 5.95 Å². The van der Waals surface area contributed by atoms with E-state index in [1.807, 2.05) is 0 Å². The van der Waals surface area contributed by atoms with Crippen LogP contribution in [-0.4, -0.2) is 16.5 Å². The molecule has 0 amide bonds. The standard InChI is InChI=1S/C16H18ClN3S/c1-2-8-18-16-19-10-14(17)15(20-16)21-13-7-6-11-4-3-5-12(11)9-13/h6-7,9-10H,2-5,8H2,1H3,(H,18,19,20). The van der Waals surface area contributed by atoms with Crippen molar-refractivity contribution in [3.63, 3.8) is 0 Å². The first-order valence-corrected chi connectivity index (χ1v) is 8.52. The molecule has 0 saturated heterocycles. The summed E-state index contributed by atoms with van der Waals surface area (Å²) in [6.45, 7) is 2.98. The number of nitrogens with one attached hydrogen (secondary N) is 1. The van der Waals surface area contributed by atoms with Gasteiger partial charge in [-0.15, -0.1) is 0 Å². The van der Waals surface area contributed by atoms with Crippen molar-refractivity contribution in [2.75, 3.05) is 11.9 Å². The van der Waals surface area contributed by atoms with Crippen LogP contribution in [0.4, 0.5) is 5.95 Å². The van der Waals surface area contributed by atoms with E-state index < -0.39 is 0 Å². The molecule has 3 nitrogen and oxygen atoms in total. The molecule has 0 saturated carbocycles. The third-order valence-corrected chi connectivity index (χ3v) is 4.91. The monoisotopic (exact) mass is 319 g/mol. The summed E-state index contributed by atoms with van der Waals surface area (Å²) in [5, 5.41) is 4.60. The van der Waals surface area contributed by atoms with Gasteiger partial charge in [-0.3, -0.25) is 0 Å². The highest BCUT2D eigenvalue weighted by molar-refractivity contribution is 7.99. The maximum Gasteiger partial charge on any atom is 0.223 e. The Morgan fingerprint density at radius 1 is 1.29 bits per heavy atom. The molecule has 3 rings (SSSR count). The van der Waals surface area contributed by atoms with E-state index in [2.05, 4.69) is 40.4 Å². The quantitative estimate of drug-likeness (QED) is 0.818. The Labute approximate surface area is 134 Å². The normalized spacial score (nSPS) is 13.2. The molecular weight excluding hydrogens is 302 g/mol. The van der Waals surface area contributed by atoms with Gasteiger partial charge in [-0.2, -0.15) is 0 Å². The smallest absolute Gasteiger partial charge is 0.223 e. The van der Waals surface area contributed by atoms with Gasteiger partial charge in [-0.25, -0.2) is 9.97 Å². The number of aromatic nitrogens is 2. The Morgan fingerprint density at radius 2 is 2.14 bits per heavy atom. The summed E-state index contributed by atoms with van der Waals surface area (Å²) in [5.41, 5.74) is 2.95. The lowest BCUT2D eigenvalue weighted by Gasteiger charge is -2.08. The summed E-state index contributed by atoms with van der Waals surface area (Å²) < 4.78 is 0. The Balaban J connectivity index is 1.80. The first-order chi connectivity index (χ1) is 10.3. The summed E-state index contributed by atoms with van der Waals surface area (Å²) in [7, 11) is 0. The van der Waals surface area contributed by atoms with E-state index in [0.717, 1.165) is 18.0 Å². The van der Waals surface area contributed by atoms with Crippen molar-refractivity contribution in [1.82, 2.24) is 9.97 Å². The lowest BCUT2D eigenvalue weighted by Crippen LogP contribution is -2.04. The maximum absolute atomic E-state index is 6.22. The molecule has 1 aliphatic carbocycles. The van der Waals surface area contributed by atoms with Crippen LogP contribution < -0.4 is 5.32 Å². The van der Waals surface area contributed by atoms with Gasteiger partial charge < -0.3 is 5.32 Å². The summed E-state index contributed by atoms with van der Waals surface area (Å²) in [6, 6.07) is 6.66. The van der Waals surface area contributed by atoms with Crippen molar-refractivity contribution < 1.29 is 0 Å². The van der Waals surface area contributed by atoms with Gasteiger partial charge in [-0.05, 0) is 48.9 Å². The Hall–Kier alpha value is -1.26. The van der Waals surface area contributed by atoms with Gasteiger partial charge in [0.05, 0.1) is 11.2 Å². The molecular formula is C16H18ClN3S. The summed E-state index contributed by atoms with van der Waals surface area (Å²) in [4.78, 5) is 9.91. The molecule has 2 aromatic rings. The number of hydrogen-bond donors (Lipinski definition) is 1. The lowest BCUT2D eigenvalue weighted by atomic mass is 10.1. The number of halogens is 1.